The van der Waals surface area contributed by atoms with Crippen molar-refractivity contribution >= 4 is 23.4 Å². The Labute approximate surface area is 159 Å². The molecule has 0 aliphatic carbocycles. The van der Waals surface area contributed by atoms with E-state index in [9.17, 15) is 14.4 Å². The molecule has 0 unspecified atom stereocenters. The van der Waals surface area contributed by atoms with E-state index >= 15 is 0 Å². The average molecular weight is 370 g/mol. The molecule has 4 atom stereocenters. The minimum atomic E-state index is -1.05. The van der Waals surface area contributed by atoms with E-state index in [0.29, 0.717) is 5.92 Å². The number of nitrogens with zero attached hydrogens (tertiary/aromatic N) is 1. The van der Waals surface area contributed by atoms with Crippen LogP contribution in [0.25, 0.3) is 0 Å². The number of imide groups is 1. The number of anilines is 1. The zero-order valence-electron chi connectivity index (χ0n) is 16.6. The molecule has 0 radical (unpaired) electrons. The van der Waals surface area contributed by atoms with Crippen molar-refractivity contribution in [3.8, 4) is 0 Å². The third-order valence-corrected chi connectivity index (χ3v) is 6.19. The van der Waals surface area contributed by atoms with E-state index in [2.05, 4.69) is 19.2 Å². The largest absolute Gasteiger partial charge is 0.326 e. The lowest BCUT2D eigenvalue weighted by Gasteiger charge is -2.33. The first-order valence-corrected chi connectivity index (χ1v) is 9.74. The zero-order chi connectivity index (χ0) is 19.7. The Bertz CT molecular complexity index is 841. The molecular weight excluding hydrogens is 342 g/mol. The van der Waals surface area contributed by atoms with Crippen molar-refractivity contribution in [1.82, 2.24) is 4.90 Å². The van der Waals surface area contributed by atoms with E-state index in [1.807, 2.05) is 50.4 Å². The molecule has 6 heteroatoms. The summed E-state index contributed by atoms with van der Waals surface area (Å²) in [5.74, 6) is -1.27. The summed E-state index contributed by atoms with van der Waals surface area (Å²) in [7, 11) is 0. The van der Waals surface area contributed by atoms with Gasteiger partial charge >= 0.3 is 0 Å². The molecule has 3 N–H and O–H groups in total. The van der Waals surface area contributed by atoms with E-state index < -0.39 is 22.9 Å². The van der Waals surface area contributed by atoms with Crippen molar-refractivity contribution in [2.24, 2.45) is 17.8 Å². The Morgan fingerprint density at radius 2 is 1.81 bits per heavy atom. The number of carbonyl (C=O) groups is 3. The quantitative estimate of drug-likeness (QED) is 0.768. The van der Waals surface area contributed by atoms with Gasteiger partial charge in [0.05, 0.1) is 5.69 Å². The summed E-state index contributed by atoms with van der Waals surface area (Å²) < 4.78 is 0. The second-order valence-corrected chi connectivity index (χ2v) is 9.51. The van der Waals surface area contributed by atoms with Gasteiger partial charge in [0.15, 0.2) is 0 Å². The van der Waals surface area contributed by atoms with Gasteiger partial charge in [0, 0.05) is 17.5 Å². The fraction of sp³-hybridized carbons (Fsp3) is 0.571. The second-order valence-electron chi connectivity index (χ2n) is 9.51. The van der Waals surface area contributed by atoms with Crippen LogP contribution in [0, 0.1) is 17.8 Å². The minimum Gasteiger partial charge on any atom is -0.326 e. The maximum atomic E-state index is 13.5. The van der Waals surface area contributed by atoms with Crippen molar-refractivity contribution in [3.63, 3.8) is 0 Å². The number of para-hydroxylation sites is 1. The summed E-state index contributed by atoms with van der Waals surface area (Å²) in [4.78, 5) is 41.5. The smallest absolute Gasteiger partial charge is 0.291 e. The van der Waals surface area contributed by atoms with Crippen LogP contribution in [-0.4, -0.2) is 34.2 Å². The lowest BCUT2D eigenvalue weighted by molar-refractivity contribution is -0.734. The molecule has 27 heavy (non-hydrogen) atoms. The number of rotatable bonds is 2. The van der Waals surface area contributed by atoms with Crippen LogP contribution in [0.4, 0.5) is 5.69 Å². The number of likely N-dealkylation sites (tertiary alicyclic amines) is 1. The molecule has 3 amide bonds. The van der Waals surface area contributed by atoms with E-state index in [-0.39, 0.29) is 23.8 Å². The van der Waals surface area contributed by atoms with Gasteiger partial charge in [-0.25, -0.2) is 0 Å². The fourth-order valence-corrected chi connectivity index (χ4v) is 5.34. The summed E-state index contributed by atoms with van der Waals surface area (Å²) in [6.07, 6.45) is 0.787. The first kappa shape index (κ1) is 18.2. The topological polar surface area (TPSA) is 83.1 Å². The standard InChI is InChI=1S/C21H27N3O3/c1-11(2)10-14-15-16(18(26)24(17(15)25)20(3,4)5)21(23-14)12-8-6-7-9-13(12)22-19(21)27/h6-9,11,14-16,23H,10H2,1-5H3,(H,22,27)/p+1/t14-,15-,16+,21-/m1/s1. The summed E-state index contributed by atoms with van der Waals surface area (Å²) >= 11 is 0. The molecule has 1 spiro atoms. The first-order valence-electron chi connectivity index (χ1n) is 9.74. The van der Waals surface area contributed by atoms with Gasteiger partial charge in [0.1, 0.15) is 17.9 Å². The van der Waals surface area contributed by atoms with Gasteiger partial charge in [-0.2, -0.15) is 0 Å². The van der Waals surface area contributed by atoms with Gasteiger partial charge in [-0.1, -0.05) is 32.0 Å². The number of amides is 3. The molecule has 0 saturated carbocycles. The van der Waals surface area contributed by atoms with Crippen molar-refractivity contribution < 1.29 is 19.7 Å². The van der Waals surface area contributed by atoms with Gasteiger partial charge in [-0.05, 0) is 32.8 Å². The van der Waals surface area contributed by atoms with Gasteiger partial charge in [-0.3, -0.25) is 19.3 Å². The van der Waals surface area contributed by atoms with Crippen LogP contribution in [0.2, 0.25) is 0 Å². The van der Waals surface area contributed by atoms with Crippen LogP contribution in [0.15, 0.2) is 24.3 Å². The number of hydrogen-bond donors (Lipinski definition) is 2. The van der Waals surface area contributed by atoms with Crippen molar-refractivity contribution in [3.05, 3.63) is 29.8 Å². The predicted molar refractivity (Wildman–Crippen MR) is 101 cm³/mol. The van der Waals surface area contributed by atoms with Gasteiger partial charge in [0.2, 0.25) is 17.4 Å². The molecule has 0 aromatic heterocycles. The molecular formula is C21H28N3O3+. The molecule has 2 saturated heterocycles. The molecule has 144 valence electrons. The van der Waals surface area contributed by atoms with Crippen LogP contribution < -0.4 is 10.6 Å². The zero-order valence-corrected chi connectivity index (χ0v) is 16.6. The molecule has 1 aromatic rings. The van der Waals surface area contributed by atoms with Crippen LogP contribution in [-0.2, 0) is 19.9 Å². The second kappa shape index (κ2) is 5.64. The van der Waals surface area contributed by atoms with E-state index in [1.54, 1.807) is 0 Å². The van der Waals surface area contributed by atoms with Crippen LogP contribution in [0.1, 0.15) is 46.6 Å². The van der Waals surface area contributed by atoms with E-state index in [0.717, 1.165) is 17.7 Å². The molecule has 3 heterocycles. The minimum absolute atomic E-state index is 0.0873. The number of fused-ring (bicyclic) bond motifs is 4. The summed E-state index contributed by atoms with van der Waals surface area (Å²) in [5, 5.41) is 4.97. The predicted octanol–water partition coefficient (Wildman–Crippen LogP) is 1.23. The van der Waals surface area contributed by atoms with Crippen LogP contribution in [0.3, 0.4) is 0 Å². The molecule has 3 aliphatic rings. The Morgan fingerprint density at radius 1 is 1.15 bits per heavy atom. The molecule has 2 fully saturated rings. The highest BCUT2D eigenvalue weighted by Gasteiger charge is 2.74. The number of benzene rings is 1. The summed E-state index contributed by atoms with van der Waals surface area (Å²) in [6.45, 7) is 9.85. The Morgan fingerprint density at radius 3 is 2.44 bits per heavy atom. The Hall–Kier alpha value is -2.21. The van der Waals surface area contributed by atoms with Gasteiger partial charge in [-0.15, -0.1) is 0 Å². The molecule has 4 rings (SSSR count). The number of nitrogens with two attached hydrogens (primary N) is 1. The lowest BCUT2D eigenvalue weighted by Crippen LogP contribution is -2.99. The van der Waals surface area contributed by atoms with Crippen LogP contribution in [0.5, 0.6) is 0 Å². The lowest BCUT2D eigenvalue weighted by atomic mass is 9.76. The van der Waals surface area contributed by atoms with Crippen LogP contribution >= 0.6 is 0 Å². The molecule has 0 bridgehead atoms. The number of quaternary nitrogens is 1. The first-order chi connectivity index (χ1) is 12.6. The molecule has 1 aromatic carbocycles. The van der Waals surface area contributed by atoms with Crippen molar-refractivity contribution in [2.75, 3.05) is 5.32 Å². The maximum Gasteiger partial charge on any atom is 0.291 e. The third kappa shape index (κ3) is 2.32. The number of carbonyl (C=O) groups excluding carboxylic acids is 3. The highest BCUT2D eigenvalue weighted by atomic mass is 16.2. The number of nitrogens with one attached hydrogen (secondary N) is 1. The van der Waals surface area contributed by atoms with Crippen molar-refractivity contribution in [2.45, 2.75) is 58.2 Å². The SMILES string of the molecule is CC(C)C[C@H]1[NH2+][C@@]2(C(=O)Nc3ccccc32)[C@@H]2C(=O)N(C(C)(C)C)C(=O)[C@@H]21. The molecule has 3 aliphatic heterocycles. The van der Waals surface area contributed by atoms with Gasteiger partial charge < -0.3 is 10.6 Å². The third-order valence-electron chi connectivity index (χ3n) is 6.19. The molecule has 6 nitrogen and oxygen atoms in total. The summed E-state index contributed by atoms with van der Waals surface area (Å²) in [6, 6.07) is 7.46. The highest BCUT2D eigenvalue weighted by molar-refractivity contribution is 6.14. The van der Waals surface area contributed by atoms with E-state index in [4.69, 9.17) is 0 Å². The number of hydrogen-bond acceptors (Lipinski definition) is 3. The monoisotopic (exact) mass is 370 g/mol. The van der Waals surface area contributed by atoms with Crippen molar-refractivity contribution in [1.29, 1.82) is 0 Å². The maximum absolute atomic E-state index is 13.5. The Balaban J connectivity index is 1.89. The normalized spacial score (nSPS) is 32.4. The van der Waals surface area contributed by atoms with E-state index in [1.165, 1.54) is 4.90 Å². The fourth-order valence-electron chi connectivity index (χ4n) is 5.34. The highest BCUT2D eigenvalue weighted by Crippen LogP contribution is 2.50. The summed E-state index contributed by atoms with van der Waals surface area (Å²) in [5.41, 5.74) is -0.0742. The Kier molecular flexibility index (Phi) is 3.80. The average Bonchev–Trinajstić information content (AvgIpc) is 3.12. The van der Waals surface area contributed by atoms with Gasteiger partial charge in [0.25, 0.3) is 5.91 Å².